The fourth-order valence-corrected chi connectivity index (χ4v) is 2.37. The first-order chi connectivity index (χ1) is 10.8. The number of hydrogen-bond donors (Lipinski definition) is 2. The number of hydrogen-bond acceptors (Lipinski definition) is 4. The Morgan fingerprint density at radius 1 is 1.39 bits per heavy atom. The lowest BCUT2D eigenvalue weighted by Gasteiger charge is -2.13. The molecule has 0 aliphatic heterocycles. The number of pyridine rings is 1. The SMILES string of the molecule is Cc1cc(C)n(CC(=O)Nc2cc(Cl)ccc2O)c(=O)c1C#N. The first-order valence-corrected chi connectivity index (χ1v) is 7.10. The number of benzene rings is 1. The molecular weight excluding hydrogens is 318 g/mol. The number of aromatic nitrogens is 1. The standard InChI is InChI=1S/C16H14ClN3O3/c1-9-5-10(2)20(16(23)12(9)7-18)8-15(22)19-13-6-11(17)3-4-14(13)21/h3-6,21H,8H2,1-2H3,(H,19,22). The van der Waals surface area contributed by atoms with Crippen molar-refractivity contribution in [2.75, 3.05) is 5.32 Å². The first kappa shape index (κ1) is 16.6. The summed E-state index contributed by atoms with van der Waals surface area (Å²) in [6.07, 6.45) is 0. The molecule has 0 radical (unpaired) electrons. The molecule has 23 heavy (non-hydrogen) atoms. The van der Waals surface area contributed by atoms with Crippen LogP contribution in [-0.2, 0) is 11.3 Å². The van der Waals surface area contributed by atoms with E-state index in [0.717, 1.165) is 0 Å². The van der Waals surface area contributed by atoms with Crippen molar-refractivity contribution in [1.29, 1.82) is 5.26 Å². The highest BCUT2D eigenvalue weighted by atomic mass is 35.5. The molecule has 0 bridgehead atoms. The first-order valence-electron chi connectivity index (χ1n) is 6.73. The lowest BCUT2D eigenvalue weighted by Crippen LogP contribution is -2.31. The number of halogens is 1. The van der Waals surface area contributed by atoms with Gasteiger partial charge in [-0.05, 0) is 43.7 Å². The molecule has 2 aromatic rings. The molecule has 1 amide bonds. The van der Waals surface area contributed by atoms with Crippen molar-refractivity contribution in [3.8, 4) is 11.8 Å². The molecule has 1 aromatic carbocycles. The number of rotatable bonds is 3. The molecule has 0 fully saturated rings. The Morgan fingerprint density at radius 2 is 2.09 bits per heavy atom. The molecule has 0 saturated heterocycles. The molecule has 118 valence electrons. The molecule has 2 rings (SSSR count). The minimum atomic E-state index is -0.518. The number of aryl methyl sites for hydroxylation is 2. The minimum Gasteiger partial charge on any atom is -0.506 e. The van der Waals surface area contributed by atoms with E-state index in [2.05, 4.69) is 5.32 Å². The van der Waals surface area contributed by atoms with Gasteiger partial charge in [-0.3, -0.25) is 9.59 Å². The summed E-state index contributed by atoms with van der Waals surface area (Å²) in [7, 11) is 0. The Kier molecular flexibility index (Phi) is 4.72. The summed E-state index contributed by atoms with van der Waals surface area (Å²) in [6, 6.07) is 7.76. The van der Waals surface area contributed by atoms with E-state index in [0.29, 0.717) is 16.3 Å². The number of phenols is 1. The van der Waals surface area contributed by atoms with Crippen LogP contribution in [0.4, 0.5) is 5.69 Å². The summed E-state index contributed by atoms with van der Waals surface area (Å²) in [5.74, 6) is -0.644. The van der Waals surface area contributed by atoms with E-state index < -0.39 is 11.5 Å². The van der Waals surface area contributed by atoms with Gasteiger partial charge in [0.05, 0.1) is 5.69 Å². The summed E-state index contributed by atoms with van der Waals surface area (Å²) in [6.45, 7) is 3.08. The van der Waals surface area contributed by atoms with Gasteiger partial charge < -0.3 is 15.0 Å². The molecule has 0 unspecified atom stereocenters. The highest BCUT2D eigenvalue weighted by Crippen LogP contribution is 2.26. The van der Waals surface area contributed by atoms with Crippen molar-refractivity contribution >= 4 is 23.2 Å². The van der Waals surface area contributed by atoms with Crippen LogP contribution in [0.1, 0.15) is 16.8 Å². The van der Waals surface area contributed by atoms with Crippen LogP contribution in [-0.4, -0.2) is 15.6 Å². The van der Waals surface area contributed by atoms with Crippen LogP contribution in [0.15, 0.2) is 29.1 Å². The van der Waals surface area contributed by atoms with Gasteiger partial charge in [0.15, 0.2) is 0 Å². The quantitative estimate of drug-likeness (QED) is 0.844. The number of carbonyl (C=O) groups excluding carboxylic acids is 1. The van der Waals surface area contributed by atoms with Crippen molar-refractivity contribution < 1.29 is 9.90 Å². The average molecular weight is 332 g/mol. The number of anilines is 1. The van der Waals surface area contributed by atoms with Crippen LogP contribution >= 0.6 is 11.6 Å². The minimum absolute atomic E-state index is 0.00834. The van der Waals surface area contributed by atoms with E-state index in [1.165, 1.54) is 22.8 Å². The molecule has 0 spiro atoms. The van der Waals surface area contributed by atoms with Gasteiger partial charge in [-0.25, -0.2) is 0 Å². The predicted molar refractivity (Wildman–Crippen MR) is 86.6 cm³/mol. The van der Waals surface area contributed by atoms with Gasteiger partial charge in [0.2, 0.25) is 5.91 Å². The van der Waals surface area contributed by atoms with Crippen LogP contribution < -0.4 is 10.9 Å². The van der Waals surface area contributed by atoms with Crippen molar-refractivity contribution in [3.63, 3.8) is 0 Å². The summed E-state index contributed by atoms with van der Waals surface area (Å²) >= 11 is 5.81. The average Bonchev–Trinajstić information content (AvgIpc) is 2.47. The Bertz CT molecular complexity index is 881. The molecular formula is C16H14ClN3O3. The third-order valence-corrected chi connectivity index (χ3v) is 3.59. The van der Waals surface area contributed by atoms with Crippen LogP contribution in [0.25, 0.3) is 0 Å². The molecule has 2 N–H and O–H groups in total. The van der Waals surface area contributed by atoms with E-state index in [1.807, 2.05) is 6.07 Å². The van der Waals surface area contributed by atoms with Gasteiger partial charge in [-0.15, -0.1) is 0 Å². The zero-order valence-electron chi connectivity index (χ0n) is 12.6. The van der Waals surface area contributed by atoms with Crippen LogP contribution in [0.3, 0.4) is 0 Å². The third kappa shape index (κ3) is 3.52. The third-order valence-electron chi connectivity index (χ3n) is 3.35. The van der Waals surface area contributed by atoms with Gasteiger partial charge >= 0.3 is 0 Å². The molecule has 1 heterocycles. The molecule has 6 nitrogen and oxygen atoms in total. The fourth-order valence-electron chi connectivity index (χ4n) is 2.20. The molecule has 0 aliphatic rings. The maximum atomic E-state index is 12.2. The lowest BCUT2D eigenvalue weighted by molar-refractivity contribution is -0.116. The Morgan fingerprint density at radius 3 is 2.74 bits per heavy atom. The summed E-state index contributed by atoms with van der Waals surface area (Å²) in [5, 5.41) is 21.6. The summed E-state index contributed by atoms with van der Waals surface area (Å²) < 4.78 is 1.21. The lowest BCUT2D eigenvalue weighted by atomic mass is 10.1. The maximum absolute atomic E-state index is 12.2. The second-order valence-corrected chi connectivity index (χ2v) is 5.49. The number of aromatic hydroxyl groups is 1. The smallest absolute Gasteiger partial charge is 0.269 e. The predicted octanol–water partition coefficient (Wildman–Crippen LogP) is 2.33. The van der Waals surface area contributed by atoms with Crippen molar-refractivity contribution in [2.24, 2.45) is 0 Å². The zero-order chi connectivity index (χ0) is 17.1. The van der Waals surface area contributed by atoms with E-state index in [-0.39, 0.29) is 23.5 Å². The topological polar surface area (TPSA) is 95.1 Å². The molecule has 1 aromatic heterocycles. The van der Waals surface area contributed by atoms with Crippen molar-refractivity contribution in [2.45, 2.75) is 20.4 Å². The number of nitriles is 1. The maximum Gasteiger partial charge on any atom is 0.269 e. The van der Waals surface area contributed by atoms with Crippen LogP contribution in [0.5, 0.6) is 5.75 Å². The normalized spacial score (nSPS) is 10.2. The Hall–Kier alpha value is -2.78. The highest BCUT2D eigenvalue weighted by Gasteiger charge is 2.14. The number of amides is 1. The van der Waals surface area contributed by atoms with Gasteiger partial charge in [0.25, 0.3) is 5.56 Å². The number of phenolic OH excluding ortho intramolecular Hbond substituents is 1. The van der Waals surface area contributed by atoms with Crippen LogP contribution in [0, 0.1) is 25.2 Å². The van der Waals surface area contributed by atoms with Crippen molar-refractivity contribution in [1.82, 2.24) is 4.57 Å². The van der Waals surface area contributed by atoms with E-state index in [4.69, 9.17) is 16.9 Å². The monoisotopic (exact) mass is 331 g/mol. The van der Waals surface area contributed by atoms with Gasteiger partial charge in [0.1, 0.15) is 23.9 Å². The fraction of sp³-hybridized carbons (Fsp3) is 0.188. The number of carbonyl (C=O) groups is 1. The summed E-state index contributed by atoms with van der Waals surface area (Å²) in [4.78, 5) is 24.4. The summed E-state index contributed by atoms with van der Waals surface area (Å²) in [5.41, 5.74) is 0.779. The van der Waals surface area contributed by atoms with Gasteiger partial charge in [0, 0.05) is 10.7 Å². The molecule has 0 aliphatic carbocycles. The zero-order valence-corrected chi connectivity index (χ0v) is 13.3. The Balaban J connectivity index is 2.30. The molecule has 7 heteroatoms. The van der Waals surface area contributed by atoms with Gasteiger partial charge in [-0.2, -0.15) is 5.26 Å². The van der Waals surface area contributed by atoms with E-state index in [1.54, 1.807) is 19.9 Å². The highest BCUT2D eigenvalue weighted by molar-refractivity contribution is 6.31. The number of nitrogens with zero attached hydrogens (tertiary/aromatic N) is 2. The van der Waals surface area contributed by atoms with E-state index >= 15 is 0 Å². The molecule has 0 saturated carbocycles. The Labute approximate surface area is 137 Å². The number of nitrogens with one attached hydrogen (secondary N) is 1. The van der Waals surface area contributed by atoms with Crippen LogP contribution in [0.2, 0.25) is 5.02 Å². The second kappa shape index (κ2) is 6.55. The van der Waals surface area contributed by atoms with E-state index in [9.17, 15) is 14.7 Å². The molecule has 0 atom stereocenters. The van der Waals surface area contributed by atoms with Crippen molar-refractivity contribution in [3.05, 3.63) is 56.5 Å². The second-order valence-electron chi connectivity index (χ2n) is 5.06. The van der Waals surface area contributed by atoms with Gasteiger partial charge in [-0.1, -0.05) is 11.6 Å². The largest absolute Gasteiger partial charge is 0.506 e.